The van der Waals surface area contributed by atoms with E-state index in [0.29, 0.717) is 0 Å². The van der Waals surface area contributed by atoms with Gasteiger partial charge in [-0.2, -0.15) is 0 Å². The van der Waals surface area contributed by atoms with Gasteiger partial charge in [0, 0.05) is 49.6 Å². The molecule has 0 N–H and O–H groups in total. The van der Waals surface area contributed by atoms with Gasteiger partial charge in [-0.15, -0.1) is 0 Å². The Balaban J connectivity index is 1.17. The minimum Gasteiger partial charge on any atom is -0.309 e. The van der Waals surface area contributed by atoms with Crippen molar-refractivity contribution in [1.29, 1.82) is 0 Å². The van der Waals surface area contributed by atoms with Gasteiger partial charge in [0.2, 0.25) is 0 Å². The lowest BCUT2D eigenvalue weighted by atomic mass is 10.0. The van der Waals surface area contributed by atoms with Crippen LogP contribution >= 0.6 is 0 Å². The minimum atomic E-state index is 0.928. The summed E-state index contributed by atoms with van der Waals surface area (Å²) in [6.07, 6.45) is 0. The highest BCUT2D eigenvalue weighted by molar-refractivity contribution is 6.22. The quantitative estimate of drug-likeness (QED) is 0.186. The molecule has 0 radical (unpaired) electrons. The molecule has 0 aliphatic carbocycles. The van der Waals surface area contributed by atoms with Gasteiger partial charge < -0.3 is 9.13 Å². The Labute approximate surface area is 293 Å². The first-order valence-electron chi connectivity index (χ1n) is 17.4. The summed E-state index contributed by atoms with van der Waals surface area (Å²) in [7, 11) is 0. The summed E-state index contributed by atoms with van der Waals surface area (Å²) in [4.78, 5) is 5.13. The number of fused-ring (bicyclic) bond motifs is 9. The van der Waals surface area contributed by atoms with Crippen LogP contribution in [0.3, 0.4) is 0 Å². The zero-order valence-corrected chi connectivity index (χ0v) is 27.6. The summed E-state index contributed by atoms with van der Waals surface area (Å²) in [6.45, 7) is 0. The van der Waals surface area contributed by atoms with E-state index < -0.39 is 0 Å². The van der Waals surface area contributed by atoms with Crippen LogP contribution in [-0.2, 0) is 0 Å². The van der Waals surface area contributed by atoms with Crippen molar-refractivity contribution < 1.29 is 0 Å². The minimum absolute atomic E-state index is 0.928. The molecule has 0 saturated heterocycles. The molecule has 0 aliphatic heterocycles. The highest BCUT2D eigenvalue weighted by Gasteiger charge is 2.19. The molecule has 0 bridgehead atoms. The topological polar surface area (TPSA) is 27.7 Å². The molecule has 11 rings (SSSR count). The van der Waals surface area contributed by atoms with Crippen molar-refractivity contribution in [3.8, 4) is 28.5 Å². The predicted octanol–water partition coefficient (Wildman–Crippen LogP) is 12.0. The lowest BCUT2D eigenvalue weighted by molar-refractivity contribution is 1.10. The molecule has 0 unspecified atom stereocenters. The maximum Gasteiger partial charge on any atom is 0.145 e. The average Bonchev–Trinajstić information content (AvgIpc) is 3.86. The van der Waals surface area contributed by atoms with Gasteiger partial charge in [0.1, 0.15) is 5.82 Å². The summed E-state index contributed by atoms with van der Waals surface area (Å²) in [5, 5.41) is 7.46. The van der Waals surface area contributed by atoms with E-state index >= 15 is 0 Å². The molecule has 8 aromatic carbocycles. The van der Waals surface area contributed by atoms with Crippen molar-refractivity contribution >= 4 is 65.4 Å². The van der Waals surface area contributed by atoms with Crippen molar-refractivity contribution in [3.05, 3.63) is 182 Å². The van der Waals surface area contributed by atoms with Crippen LogP contribution in [-0.4, -0.2) is 18.7 Å². The zero-order chi connectivity index (χ0) is 33.5. The second-order valence-electron chi connectivity index (χ2n) is 13.2. The third-order valence-corrected chi connectivity index (χ3v) is 10.4. The molecule has 4 nitrogen and oxygen atoms in total. The Hall–Kier alpha value is -6.91. The van der Waals surface area contributed by atoms with Gasteiger partial charge in [0.25, 0.3) is 0 Å². The second kappa shape index (κ2) is 10.8. The van der Waals surface area contributed by atoms with Crippen LogP contribution in [0, 0.1) is 0 Å². The molecule has 0 aliphatic rings. The van der Waals surface area contributed by atoms with Gasteiger partial charge in [-0.05, 0) is 90.3 Å². The van der Waals surface area contributed by atoms with Crippen LogP contribution in [0.4, 0.5) is 0 Å². The first-order valence-corrected chi connectivity index (χ1v) is 17.4. The monoisotopic (exact) mass is 650 g/mol. The van der Waals surface area contributed by atoms with Crippen LogP contribution < -0.4 is 0 Å². The molecule has 3 heterocycles. The highest BCUT2D eigenvalue weighted by Crippen LogP contribution is 2.41. The molecule has 238 valence electrons. The van der Waals surface area contributed by atoms with E-state index in [9.17, 15) is 0 Å². The van der Waals surface area contributed by atoms with E-state index in [1.165, 1.54) is 54.4 Å². The van der Waals surface area contributed by atoms with Crippen molar-refractivity contribution in [1.82, 2.24) is 18.7 Å². The lowest BCUT2D eigenvalue weighted by Gasteiger charge is -2.13. The first-order chi connectivity index (χ1) is 25.3. The Morgan fingerprint density at radius 1 is 0.333 bits per heavy atom. The number of hydrogen-bond donors (Lipinski definition) is 0. The van der Waals surface area contributed by atoms with Crippen LogP contribution in [0.2, 0.25) is 0 Å². The van der Waals surface area contributed by atoms with E-state index in [-0.39, 0.29) is 0 Å². The Bertz CT molecular complexity index is 3110. The molecule has 0 spiro atoms. The fourth-order valence-corrected chi connectivity index (χ4v) is 8.19. The Morgan fingerprint density at radius 2 is 0.902 bits per heavy atom. The summed E-state index contributed by atoms with van der Waals surface area (Å²) < 4.78 is 7.11. The molecular formula is C47H30N4. The fraction of sp³-hybridized carbons (Fsp3) is 0. The predicted molar refractivity (Wildman–Crippen MR) is 213 cm³/mol. The number of imidazole rings is 1. The Kier molecular flexibility index (Phi) is 5.92. The van der Waals surface area contributed by atoms with E-state index in [1.54, 1.807) is 0 Å². The third kappa shape index (κ3) is 4.11. The van der Waals surface area contributed by atoms with Gasteiger partial charge in [-0.25, -0.2) is 4.98 Å². The van der Waals surface area contributed by atoms with Crippen LogP contribution in [0.15, 0.2) is 182 Å². The highest BCUT2D eigenvalue weighted by atomic mass is 15.1. The van der Waals surface area contributed by atoms with Crippen molar-refractivity contribution in [2.24, 2.45) is 0 Å². The van der Waals surface area contributed by atoms with Gasteiger partial charge in [0.05, 0.1) is 33.1 Å². The van der Waals surface area contributed by atoms with E-state index in [4.69, 9.17) is 4.98 Å². The summed E-state index contributed by atoms with van der Waals surface area (Å²) in [6, 6.07) is 65.4. The maximum atomic E-state index is 5.13. The normalized spacial score (nSPS) is 11.9. The van der Waals surface area contributed by atoms with E-state index in [1.807, 2.05) is 0 Å². The summed E-state index contributed by atoms with van der Waals surface area (Å²) in [5.74, 6) is 0.928. The van der Waals surface area contributed by atoms with Crippen LogP contribution in [0.1, 0.15) is 0 Å². The van der Waals surface area contributed by atoms with Crippen molar-refractivity contribution in [2.45, 2.75) is 0 Å². The zero-order valence-electron chi connectivity index (χ0n) is 27.6. The molecule has 0 atom stereocenters. The lowest BCUT2D eigenvalue weighted by Crippen LogP contribution is -1.98. The standard InChI is InChI=1S/C47H30N4/c1-3-13-33(14-4-1)49-42-20-10-8-18-37(42)40-29-32-25-28-38-36-17-7-11-21-43(36)50(46(38)39(32)30-45(40)49)35-26-23-31(24-27-35)47-48-41-19-9-12-22-44(41)51(47)34-15-5-2-6-16-34/h1-30H. The fourth-order valence-electron chi connectivity index (χ4n) is 8.19. The number of benzene rings is 8. The van der Waals surface area contributed by atoms with Gasteiger partial charge >= 0.3 is 0 Å². The average molecular weight is 651 g/mol. The van der Waals surface area contributed by atoms with E-state index in [0.717, 1.165) is 39.5 Å². The van der Waals surface area contributed by atoms with Crippen LogP contribution in [0.25, 0.3) is 93.9 Å². The SMILES string of the molecule is c1ccc(-n2c(-c3ccc(-n4c5ccccc5c5ccc6cc7c8ccccc8n(-c8ccccc8)c7cc6c54)cc3)nc3ccccc32)cc1. The van der Waals surface area contributed by atoms with Gasteiger partial charge in [-0.3, -0.25) is 4.57 Å². The smallest absolute Gasteiger partial charge is 0.145 e. The Morgan fingerprint density at radius 3 is 1.63 bits per heavy atom. The van der Waals surface area contributed by atoms with Crippen molar-refractivity contribution in [3.63, 3.8) is 0 Å². The summed E-state index contributed by atoms with van der Waals surface area (Å²) in [5.41, 5.74) is 11.3. The number of nitrogens with zero attached hydrogens (tertiary/aromatic N) is 4. The number of rotatable bonds is 4. The largest absolute Gasteiger partial charge is 0.309 e. The second-order valence-corrected chi connectivity index (χ2v) is 13.2. The molecule has 0 saturated carbocycles. The van der Waals surface area contributed by atoms with Gasteiger partial charge in [-0.1, -0.05) is 97.1 Å². The summed E-state index contributed by atoms with van der Waals surface area (Å²) >= 11 is 0. The first kappa shape index (κ1) is 28.0. The number of aromatic nitrogens is 4. The van der Waals surface area contributed by atoms with Crippen LogP contribution in [0.5, 0.6) is 0 Å². The number of hydrogen-bond acceptors (Lipinski definition) is 1. The molecular weight excluding hydrogens is 621 g/mol. The molecule has 0 amide bonds. The molecule has 3 aromatic heterocycles. The molecule has 51 heavy (non-hydrogen) atoms. The van der Waals surface area contributed by atoms with E-state index in [2.05, 4.69) is 196 Å². The number of para-hydroxylation sites is 6. The molecule has 0 fully saturated rings. The maximum absolute atomic E-state index is 5.13. The molecule has 11 aromatic rings. The molecule has 4 heteroatoms. The van der Waals surface area contributed by atoms with Gasteiger partial charge in [0.15, 0.2) is 0 Å². The third-order valence-electron chi connectivity index (χ3n) is 10.4. The van der Waals surface area contributed by atoms with Crippen molar-refractivity contribution in [2.75, 3.05) is 0 Å².